The van der Waals surface area contributed by atoms with Gasteiger partial charge in [-0.25, -0.2) is 0 Å². The number of thioether (sulfide) groups is 1. The maximum Gasteiger partial charge on any atom is 0.174 e. The third-order valence-electron chi connectivity index (χ3n) is 2.87. The predicted octanol–water partition coefficient (Wildman–Crippen LogP) is 2.42. The summed E-state index contributed by atoms with van der Waals surface area (Å²) in [5, 5.41) is 8.66. The molecule has 0 saturated carbocycles. The zero-order valence-corrected chi connectivity index (χ0v) is 11.6. The second kappa shape index (κ2) is 6.87. The smallest absolute Gasteiger partial charge is 0.174 e. The first-order valence-electron chi connectivity index (χ1n) is 6.00. The highest BCUT2D eigenvalue weighted by Crippen LogP contribution is 2.17. The number of aliphatic hydroxyl groups excluding tert-OH is 1. The third-order valence-corrected chi connectivity index (χ3v) is 3.91. The molecule has 0 aliphatic carbocycles. The topological polar surface area (TPSA) is 42.2 Å². The zero-order valence-electron chi connectivity index (χ0n) is 10.8. The molecule has 4 heteroatoms. The van der Waals surface area contributed by atoms with E-state index in [4.69, 9.17) is 5.11 Å². The highest BCUT2D eigenvalue weighted by molar-refractivity contribution is 7.99. The molecule has 0 bridgehead atoms. The van der Waals surface area contributed by atoms with Gasteiger partial charge in [0.15, 0.2) is 5.78 Å². The van der Waals surface area contributed by atoms with Gasteiger partial charge in [-0.3, -0.25) is 4.79 Å². The summed E-state index contributed by atoms with van der Waals surface area (Å²) in [4.78, 5) is 12.0. The van der Waals surface area contributed by atoms with Gasteiger partial charge in [-0.15, -0.1) is 0 Å². The summed E-state index contributed by atoms with van der Waals surface area (Å²) < 4.78 is 2.16. The molecule has 0 aliphatic rings. The quantitative estimate of drug-likeness (QED) is 0.601. The van der Waals surface area contributed by atoms with Crippen LogP contribution in [0.3, 0.4) is 0 Å². The molecule has 96 valence electrons. The Morgan fingerprint density at radius 3 is 2.71 bits per heavy atom. The monoisotopic (exact) mass is 255 g/mol. The van der Waals surface area contributed by atoms with Crippen molar-refractivity contribution in [2.24, 2.45) is 0 Å². The minimum Gasteiger partial charge on any atom is -0.396 e. The maximum absolute atomic E-state index is 12.0. The maximum atomic E-state index is 12.0. The Bertz CT molecular complexity index is 385. The fraction of sp³-hybridized carbons (Fsp3) is 0.615. The molecule has 0 amide bonds. The van der Waals surface area contributed by atoms with Crippen molar-refractivity contribution in [3.05, 3.63) is 23.0 Å². The molecule has 0 unspecified atom stereocenters. The highest BCUT2D eigenvalue weighted by atomic mass is 32.2. The second-order valence-electron chi connectivity index (χ2n) is 4.08. The zero-order chi connectivity index (χ0) is 12.8. The molecule has 0 fully saturated rings. The van der Waals surface area contributed by atoms with Gasteiger partial charge in [0.25, 0.3) is 0 Å². The van der Waals surface area contributed by atoms with E-state index in [1.54, 1.807) is 11.8 Å². The molecule has 1 N–H and O–H groups in total. The molecule has 1 aromatic rings. The number of aromatic nitrogens is 1. The van der Waals surface area contributed by atoms with Crippen LogP contribution in [0.15, 0.2) is 6.07 Å². The fourth-order valence-electron chi connectivity index (χ4n) is 1.98. The van der Waals surface area contributed by atoms with Gasteiger partial charge in [0.1, 0.15) is 0 Å². The third kappa shape index (κ3) is 3.61. The lowest BCUT2D eigenvalue weighted by Crippen LogP contribution is -2.06. The van der Waals surface area contributed by atoms with E-state index < -0.39 is 0 Å². The number of ketones is 1. The average Bonchev–Trinajstić information content (AvgIpc) is 2.60. The van der Waals surface area contributed by atoms with Crippen LogP contribution in [0.25, 0.3) is 0 Å². The lowest BCUT2D eigenvalue weighted by atomic mass is 10.2. The Kier molecular flexibility index (Phi) is 5.78. The van der Waals surface area contributed by atoms with Crippen molar-refractivity contribution in [3.63, 3.8) is 0 Å². The van der Waals surface area contributed by atoms with Gasteiger partial charge in [0, 0.05) is 30.1 Å². The summed E-state index contributed by atoms with van der Waals surface area (Å²) in [7, 11) is 0. The predicted molar refractivity (Wildman–Crippen MR) is 72.9 cm³/mol. The Labute approximate surface area is 107 Å². The molecular formula is C13H21NO2S. The van der Waals surface area contributed by atoms with Crippen molar-refractivity contribution >= 4 is 17.5 Å². The Morgan fingerprint density at radius 1 is 1.47 bits per heavy atom. The summed E-state index contributed by atoms with van der Waals surface area (Å²) in [5.41, 5.74) is 3.06. The molecule has 17 heavy (non-hydrogen) atoms. The van der Waals surface area contributed by atoms with Crippen LogP contribution >= 0.6 is 11.8 Å². The SMILES string of the molecule is CCn1c(C)cc(C(=O)CSCCCO)c1C. The number of aryl methyl sites for hydroxylation is 1. The molecule has 0 aromatic carbocycles. The van der Waals surface area contributed by atoms with Crippen LogP contribution in [-0.2, 0) is 6.54 Å². The molecule has 1 rings (SSSR count). The van der Waals surface area contributed by atoms with Crippen molar-refractivity contribution in [3.8, 4) is 0 Å². The van der Waals surface area contributed by atoms with Crippen LogP contribution in [0.5, 0.6) is 0 Å². The normalized spacial score (nSPS) is 10.8. The number of nitrogens with zero attached hydrogens (tertiary/aromatic N) is 1. The summed E-state index contributed by atoms with van der Waals surface area (Å²) >= 11 is 1.59. The van der Waals surface area contributed by atoms with Crippen molar-refractivity contribution in [1.82, 2.24) is 4.57 Å². The van der Waals surface area contributed by atoms with Crippen molar-refractivity contribution in [1.29, 1.82) is 0 Å². The lowest BCUT2D eigenvalue weighted by Gasteiger charge is -2.05. The van der Waals surface area contributed by atoms with Crippen molar-refractivity contribution < 1.29 is 9.90 Å². The summed E-state index contributed by atoms with van der Waals surface area (Å²) in [5.74, 6) is 1.55. The van der Waals surface area contributed by atoms with Gasteiger partial charge in [-0.2, -0.15) is 11.8 Å². The minimum atomic E-state index is 0.195. The van der Waals surface area contributed by atoms with Crippen LogP contribution in [-0.4, -0.2) is 33.6 Å². The first-order chi connectivity index (χ1) is 8.11. The number of carbonyl (C=O) groups is 1. The van der Waals surface area contributed by atoms with E-state index in [2.05, 4.69) is 11.5 Å². The second-order valence-corrected chi connectivity index (χ2v) is 5.19. The molecule has 0 atom stereocenters. The Morgan fingerprint density at radius 2 is 2.18 bits per heavy atom. The van der Waals surface area contributed by atoms with Crippen LogP contribution in [0.4, 0.5) is 0 Å². The van der Waals surface area contributed by atoms with Gasteiger partial charge < -0.3 is 9.67 Å². The van der Waals surface area contributed by atoms with E-state index >= 15 is 0 Å². The molecule has 3 nitrogen and oxygen atoms in total. The van der Waals surface area contributed by atoms with Crippen molar-refractivity contribution in [2.75, 3.05) is 18.1 Å². The number of Topliss-reactive ketones (excluding diaryl/α,β-unsaturated/α-hetero) is 1. The lowest BCUT2D eigenvalue weighted by molar-refractivity contribution is 0.102. The van der Waals surface area contributed by atoms with Crippen molar-refractivity contribution in [2.45, 2.75) is 33.7 Å². The Hall–Kier alpha value is -0.740. The first-order valence-corrected chi connectivity index (χ1v) is 7.15. The molecule has 0 spiro atoms. The number of rotatable bonds is 7. The van der Waals surface area contributed by atoms with Gasteiger partial charge in [0.2, 0.25) is 0 Å². The van der Waals surface area contributed by atoms with E-state index in [1.165, 1.54) is 0 Å². The molecule has 0 saturated heterocycles. The van der Waals surface area contributed by atoms with E-state index in [0.29, 0.717) is 5.75 Å². The van der Waals surface area contributed by atoms with E-state index in [1.807, 2.05) is 19.9 Å². The van der Waals surface area contributed by atoms with E-state index in [9.17, 15) is 4.79 Å². The van der Waals surface area contributed by atoms with Crippen LogP contribution in [0.1, 0.15) is 35.1 Å². The summed E-state index contributed by atoms with van der Waals surface area (Å²) in [6.45, 7) is 7.23. The molecule has 0 radical (unpaired) electrons. The number of hydrogen-bond acceptors (Lipinski definition) is 3. The molecule has 0 aliphatic heterocycles. The van der Waals surface area contributed by atoms with Crippen LogP contribution < -0.4 is 0 Å². The summed E-state index contributed by atoms with van der Waals surface area (Å²) in [6, 6.07) is 1.98. The molecule has 1 heterocycles. The summed E-state index contributed by atoms with van der Waals surface area (Å²) in [6.07, 6.45) is 0.756. The number of hydrogen-bond donors (Lipinski definition) is 1. The van der Waals surface area contributed by atoms with Crippen LogP contribution in [0.2, 0.25) is 0 Å². The van der Waals surface area contributed by atoms with Gasteiger partial charge in [0.05, 0.1) is 5.75 Å². The van der Waals surface area contributed by atoms with Gasteiger partial charge >= 0.3 is 0 Å². The van der Waals surface area contributed by atoms with Gasteiger partial charge in [-0.1, -0.05) is 0 Å². The largest absolute Gasteiger partial charge is 0.396 e. The van der Waals surface area contributed by atoms with Gasteiger partial charge in [-0.05, 0) is 39.0 Å². The highest BCUT2D eigenvalue weighted by Gasteiger charge is 2.14. The Balaban J connectivity index is 2.63. The standard InChI is InChI=1S/C13H21NO2S/c1-4-14-10(2)8-12(11(14)3)13(16)9-17-7-5-6-15/h8,15H,4-7,9H2,1-3H3. The molecule has 1 aromatic heterocycles. The van der Waals surface area contributed by atoms with E-state index in [0.717, 1.165) is 35.7 Å². The average molecular weight is 255 g/mol. The molecular weight excluding hydrogens is 234 g/mol. The number of carbonyl (C=O) groups excluding carboxylic acids is 1. The van der Waals surface area contributed by atoms with Crippen LogP contribution in [0, 0.1) is 13.8 Å². The number of aliphatic hydroxyl groups is 1. The minimum absolute atomic E-state index is 0.195. The fourth-order valence-corrected chi connectivity index (χ4v) is 2.80. The van der Waals surface area contributed by atoms with E-state index in [-0.39, 0.29) is 12.4 Å². The first kappa shape index (κ1) is 14.3.